The number of rotatable bonds is 4. The van der Waals surface area contributed by atoms with Crippen LogP contribution in [0, 0.1) is 6.92 Å². The summed E-state index contributed by atoms with van der Waals surface area (Å²) in [7, 11) is 0. The molecule has 0 saturated carbocycles. The highest BCUT2D eigenvalue weighted by atomic mass is 32.1. The Bertz CT molecular complexity index is 916. The Morgan fingerprint density at radius 2 is 1.80 bits per heavy atom. The van der Waals surface area contributed by atoms with E-state index in [4.69, 9.17) is 0 Å². The molecule has 3 aromatic rings. The minimum absolute atomic E-state index is 0.153. The third-order valence-electron chi connectivity index (χ3n) is 3.52. The molecule has 2 aromatic carbocycles. The highest BCUT2D eigenvalue weighted by molar-refractivity contribution is 7.14. The Balaban J connectivity index is 1.77. The first-order chi connectivity index (χ1) is 12.0. The molecule has 0 unspecified atom stereocenters. The molecular weight excluding hydrogens is 334 g/mol. The van der Waals surface area contributed by atoms with E-state index in [0.29, 0.717) is 16.4 Å². The molecule has 0 spiro atoms. The number of nitrogens with one attached hydrogen (secondary N) is 2. The topological polar surface area (TPSA) is 71.1 Å². The lowest BCUT2D eigenvalue weighted by molar-refractivity contribution is -0.114. The van der Waals surface area contributed by atoms with E-state index >= 15 is 0 Å². The van der Waals surface area contributed by atoms with Crippen molar-refractivity contribution in [2.75, 3.05) is 10.6 Å². The molecule has 25 heavy (non-hydrogen) atoms. The molecule has 2 N–H and O–H groups in total. The van der Waals surface area contributed by atoms with E-state index in [-0.39, 0.29) is 11.8 Å². The largest absolute Gasteiger partial charge is 0.322 e. The van der Waals surface area contributed by atoms with Gasteiger partial charge in [-0.15, -0.1) is 11.3 Å². The Kier molecular flexibility index (Phi) is 4.90. The summed E-state index contributed by atoms with van der Waals surface area (Å²) in [4.78, 5) is 27.8. The van der Waals surface area contributed by atoms with Crippen molar-refractivity contribution in [3.8, 4) is 11.3 Å². The molecule has 1 aromatic heterocycles. The van der Waals surface area contributed by atoms with Crippen molar-refractivity contribution in [1.82, 2.24) is 4.98 Å². The van der Waals surface area contributed by atoms with E-state index in [1.165, 1.54) is 18.3 Å². The predicted octanol–water partition coefficient (Wildman–Crippen LogP) is 4.33. The minimum Gasteiger partial charge on any atom is -0.322 e. The second-order valence-corrected chi connectivity index (χ2v) is 6.48. The van der Waals surface area contributed by atoms with Gasteiger partial charge < -0.3 is 10.6 Å². The molecule has 0 saturated heterocycles. The lowest BCUT2D eigenvalue weighted by atomic mass is 10.1. The first-order valence-corrected chi connectivity index (χ1v) is 8.61. The van der Waals surface area contributed by atoms with Crippen LogP contribution in [0.1, 0.15) is 22.8 Å². The van der Waals surface area contributed by atoms with Crippen LogP contribution >= 0.6 is 11.3 Å². The van der Waals surface area contributed by atoms with Crippen LogP contribution in [-0.4, -0.2) is 16.8 Å². The maximum absolute atomic E-state index is 12.3. The summed E-state index contributed by atoms with van der Waals surface area (Å²) in [5, 5.41) is 7.98. The van der Waals surface area contributed by atoms with Crippen LogP contribution in [0.4, 0.5) is 10.8 Å². The number of carbonyl (C=O) groups excluding carboxylic acids is 2. The molecule has 0 atom stereocenters. The summed E-state index contributed by atoms with van der Waals surface area (Å²) in [6, 6.07) is 14.9. The van der Waals surface area contributed by atoms with Crippen LogP contribution in [0.3, 0.4) is 0 Å². The summed E-state index contributed by atoms with van der Waals surface area (Å²) in [6.07, 6.45) is 0. The number of hydrogen-bond acceptors (Lipinski definition) is 4. The van der Waals surface area contributed by atoms with Gasteiger partial charge in [0.15, 0.2) is 5.13 Å². The Hall–Kier alpha value is -2.99. The number of benzene rings is 2. The number of thiazole rings is 1. The third-order valence-corrected chi connectivity index (χ3v) is 4.27. The summed E-state index contributed by atoms with van der Waals surface area (Å²) >= 11 is 1.36. The first kappa shape index (κ1) is 16.9. The van der Waals surface area contributed by atoms with Crippen molar-refractivity contribution < 1.29 is 9.59 Å². The van der Waals surface area contributed by atoms with Crippen LogP contribution in [-0.2, 0) is 4.79 Å². The van der Waals surface area contributed by atoms with Crippen LogP contribution in [0.2, 0.25) is 0 Å². The lowest BCUT2D eigenvalue weighted by Gasteiger charge is -2.07. The SMILES string of the molecule is CC(=O)Nc1nc(-c2cccc(NC(=O)c3ccc(C)cc3)c2)cs1. The maximum Gasteiger partial charge on any atom is 0.255 e. The van der Waals surface area contributed by atoms with E-state index in [0.717, 1.165) is 16.8 Å². The number of aryl methyl sites for hydroxylation is 1. The van der Waals surface area contributed by atoms with Crippen molar-refractivity contribution in [3.05, 3.63) is 65.0 Å². The molecule has 0 aliphatic rings. The predicted molar refractivity (Wildman–Crippen MR) is 101 cm³/mol. The Morgan fingerprint density at radius 3 is 2.52 bits per heavy atom. The van der Waals surface area contributed by atoms with Crippen LogP contribution < -0.4 is 10.6 Å². The fourth-order valence-corrected chi connectivity index (χ4v) is 3.04. The molecule has 126 valence electrons. The highest BCUT2D eigenvalue weighted by Gasteiger charge is 2.09. The van der Waals surface area contributed by atoms with E-state index in [9.17, 15) is 9.59 Å². The summed E-state index contributed by atoms with van der Waals surface area (Å²) in [6.45, 7) is 3.43. The van der Waals surface area contributed by atoms with Gasteiger partial charge in [-0.3, -0.25) is 9.59 Å². The number of hydrogen-bond donors (Lipinski definition) is 2. The Morgan fingerprint density at radius 1 is 1.04 bits per heavy atom. The second-order valence-electron chi connectivity index (χ2n) is 5.62. The van der Waals surface area contributed by atoms with Gasteiger partial charge in [-0.2, -0.15) is 0 Å². The number of anilines is 2. The molecule has 0 bridgehead atoms. The molecule has 0 aliphatic carbocycles. The van der Waals surface area contributed by atoms with Gasteiger partial charge in [-0.25, -0.2) is 4.98 Å². The zero-order valence-electron chi connectivity index (χ0n) is 13.9. The van der Waals surface area contributed by atoms with Gasteiger partial charge in [0.25, 0.3) is 5.91 Å². The average molecular weight is 351 g/mol. The van der Waals surface area contributed by atoms with E-state index in [1.54, 1.807) is 12.1 Å². The monoisotopic (exact) mass is 351 g/mol. The van der Waals surface area contributed by atoms with E-state index in [1.807, 2.05) is 48.7 Å². The summed E-state index contributed by atoms with van der Waals surface area (Å²) in [5.41, 5.74) is 4.03. The van der Waals surface area contributed by atoms with Crippen LogP contribution in [0.15, 0.2) is 53.9 Å². The van der Waals surface area contributed by atoms with Gasteiger partial charge in [0, 0.05) is 29.1 Å². The normalized spacial score (nSPS) is 10.3. The molecule has 5 nitrogen and oxygen atoms in total. The molecule has 2 amide bonds. The molecule has 0 aliphatic heterocycles. The molecule has 0 radical (unpaired) electrons. The first-order valence-electron chi connectivity index (χ1n) is 7.73. The van der Waals surface area contributed by atoms with Gasteiger partial charge in [-0.05, 0) is 31.2 Å². The lowest BCUT2D eigenvalue weighted by Crippen LogP contribution is -2.11. The summed E-state index contributed by atoms with van der Waals surface area (Å²) in [5.74, 6) is -0.311. The number of carbonyl (C=O) groups is 2. The third kappa shape index (κ3) is 4.30. The van der Waals surface area contributed by atoms with E-state index < -0.39 is 0 Å². The molecular formula is C19H17N3O2S. The van der Waals surface area contributed by atoms with Crippen LogP contribution in [0.5, 0.6) is 0 Å². The number of nitrogens with zero attached hydrogens (tertiary/aromatic N) is 1. The van der Waals surface area contributed by atoms with Crippen molar-refractivity contribution >= 4 is 34.0 Å². The van der Waals surface area contributed by atoms with E-state index in [2.05, 4.69) is 15.6 Å². The highest BCUT2D eigenvalue weighted by Crippen LogP contribution is 2.27. The summed E-state index contributed by atoms with van der Waals surface area (Å²) < 4.78 is 0. The van der Waals surface area contributed by atoms with Gasteiger partial charge >= 0.3 is 0 Å². The number of amides is 2. The van der Waals surface area contributed by atoms with Gasteiger partial charge in [-0.1, -0.05) is 29.8 Å². The number of aromatic nitrogens is 1. The van der Waals surface area contributed by atoms with Gasteiger partial charge in [0.1, 0.15) is 0 Å². The maximum atomic E-state index is 12.3. The molecule has 3 rings (SSSR count). The fraction of sp³-hybridized carbons (Fsp3) is 0.105. The standard InChI is InChI=1S/C19H17N3O2S/c1-12-6-8-14(9-7-12)18(24)21-16-5-3-4-15(10-16)17-11-25-19(22-17)20-13(2)23/h3-11H,1-2H3,(H,21,24)(H,20,22,23). The van der Waals surface area contributed by atoms with Gasteiger partial charge in [0.2, 0.25) is 5.91 Å². The fourth-order valence-electron chi connectivity index (χ4n) is 2.28. The molecule has 6 heteroatoms. The molecule has 1 heterocycles. The average Bonchev–Trinajstić information content (AvgIpc) is 3.03. The van der Waals surface area contributed by atoms with Crippen molar-refractivity contribution in [3.63, 3.8) is 0 Å². The Labute approximate surface area is 149 Å². The second kappa shape index (κ2) is 7.27. The zero-order valence-corrected chi connectivity index (χ0v) is 14.7. The van der Waals surface area contributed by atoms with Crippen molar-refractivity contribution in [2.45, 2.75) is 13.8 Å². The zero-order chi connectivity index (χ0) is 17.8. The van der Waals surface area contributed by atoms with Crippen LogP contribution in [0.25, 0.3) is 11.3 Å². The quantitative estimate of drug-likeness (QED) is 0.735. The van der Waals surface area contributed by atoms with Crippen molar-refractivity contribution in [2.24, 2.45) is 0 Å². The van der Waals surface area contributed by atoms with Gasteiger partial charge in [0.05, 0.1) is 5.69 Å². The minimum atomic E-state index is -0.158. The smallest absolute Gasteiger partial charge is 0.255 e. The van der Waals surface area contributed by atoms with Crippen molar-refractivity contribution in [1.29, 1.82) is 0 Å². The molecule has 0 fully saturated rings.